The fourth-order valence-corrected chi connectivity index (χ4v) is 4.77. The summed E-state index contributed by atoms with van der Waals surface area (Å²) < 4.78 is 0. The SMILES string of the molecule is O=C1CCC(=O)N1C1CC2CCC(C1)N2C(=O)c1ccc(Cl)c(Cl)c1. The molecule has 25 heavy (non-hydrogen) atoms. The van der Waals surface area contributed by atoms with E-state index in [0.717, 1.165) is 12.8 Å². The summed E-state index contributed by atoms with van der Waals surface area (Å²) in [6.07, 6.45) is 3.78. The van der Waals surface area contributed by atoms with E-state index < -0.39 is 0 Å². The van der Waals surface area contributed by atoms with Crippen LogP contribution in [0.3, 0.4) is 0 Å². The molecule has 1 aromatic carbocycles. The Kier molecular flexibility index (Phi) is 4.24. The molecule has 2 atom stereocenters. The lowest BCUT2D eigenvalue weighted by Gasteiger charge is -2.41. The van der Waals surface area contributed by atoms with Crippen molar-refractivity contribution in [3.8, 4) is 0 Å². The second-order valence-corrected chi connectivity index (χ2v) is 7.82. The molecule has 0 aliphatic carbocycles. The van der Waals surface area contributed by atoms with E-state index in [1.165, 1.54) is 4.90 Å². The minimum Gasteiger partial charge on any atom is -0.333 e. The van der Waals surface area contributed by atoms with Crippen LogP contribution < -0.4 is 0 Å². The molecule has 1 aromatic rings. The maximum Gasteiger partial charge on any atom is 0.254 e. The Morgan fingerprint density at radius 1 is 0.920 bits per heavy atom. The Bertz CT molecular complexity index is 737. The zero-order valence-corrected chi connectivity index (χ0v) is 15.1. The zero-order chi connectivity index (χ0) is 17.7. The van der Waals surface area contributed by atoms with Crippen LogP contribution in [-0.2, 0) is 9.59 Å². The predicted octanol–water partition coefficient (Wildman–Crippen LogP) is 3.28. The highest BCUT2D eigenvalue weighted by atomic mass is 35.5. The highest BCUT2D eigenvalue weighted by molar-refractivity contribution is 6.42. The van der Waals surface area contributed by atoms with Gasteiger partial charge in [0.05, 0.1) is 10.0 Å². The Labute approximate surface area is 155 Å². The van der Waals surface area contributed by atoms with E-state index >= 15 is 0 Å². The lowest BCUT2D eigenvalue weighted by atomic mass is 9.95. The number of hydrogen-bond acceptors (Lipinski definition) is 3. The molecule has 0 saturated carbocycles. The summed E-state index contributed by atoms with van der Waals surface area (Å²) in [7, 11) is 0. The van der Waals surface area contributed by atoms with Gasteiger partial charge in [0.25, 0.3) is 5.91 Å². The number of imide groups is 1. The van der Waals surface area contributed by atoms with Crippen molar-refractivity contribution in [3.05, 3.63) is 33.8 Å². The normalized spacial score (nSPS) is 28.8. The summed E-state index contributed by atoms with van der Waals surface area (Å²) in [5, 5.41) is 0.786. The quantitative estimate of drug-likeness (QED) is 0.739. The Morgan fingerprint density at radius 3 is 2.08 bits per heavy atom. The van der Waals surface area contributed by atoms with Gasteiger partial charge in [0, 0.05) is 36.5 Å². The maximum atomic E-state index is 13.0. The van der Waals surface area contributed by atoms with Crippen molar-refractivity contribution in [2.45, 2.75) is 56.7 Å². The first-order chi connectivity index (χ1) is 12.0. The third kappa shape index (κ3) is 2.83. The first-order valence-electron chi connectivity index (χ1n) is 8.58. The van der Waals surface area contributed by atoms with Gasteiger partial charge in [-0.25, -0.2) is 0 Å². The number of rotatable bonds is 2. The Balaban J connectivity index is 1.54. The molecule has 7 heteroatoms. The molecule has 0 radical (unpaired) electrons. The van der Waals surface area contributed by atoms with E-state index in [1.54, 1.807) is 18.2 Å². The number of amides is 3. The van der Waals surface area contributed by atoms with E-state index in [9.17, 15) is 14.4 Å². The molecule has 2 bridgehead atoms. The molecule has 132 valence electrons. The van der Waals surface area contributed by atoms with E-state index in [1.807, 2.05) is 4.90 Å². The lowest BCUT2D eigenvalue weighted by molar-refractivity contribution is -0.142. The van der Waals surface area contributed by atoms with Crippen LogP contribution in [-0.4, -0.2) is 45.6 Å². The molecule has 3 heterocycles. The van der Waals surface area contributed by atoms with E-state index in [2.05, 4.69) is 0 Å². The summed E-state index contributed by atoms with van der Waals surface area (Å²) in [6, 6.07) is 4.98. The van der Waals surface area contributed by atoms with Crippen LogP contribution in [0.4, 0.5) is 0 Å². The number of fused-ring (bicyclic) bond motifs is 2. The number of hydrogen-bond donors (Lipinski definition) is 0. The van der Waals surface area contributed by atoms with Gasteiger partial charge in [-0.1, -0.05) is 23.2 Å². The van der Waals surface area contributed by atoms with E-state index in [-0.39, 0.29) is 35.8 Å². The number of benzene rings is 1. The van der Waals surface area contributed by atoms with Crippen molar-refractivity contribution >= 4 is 40.9 Å². The molecule has 2 unspecified atom stereocenters. The van der Waals surface area contributed by atoms with Crippen molar-refractivity contribution < 1.29 is 14.4 Å². The third-order valence-electron chi connectivity index (χ3n) is 5.56. The molecular weight excluding hydrogens is 363 g/mol. The van der Waals surface area contributed by atoms with Crippen molar-refractivity contribution in [2.24, 2.45) is 0 Å². The first-order valence-corrected chi connectivity index (χ1v) is 9.34. The highest BCUT2D eigenvalue weighted by Gasteiger charge is 2.47. The van der Waals surface area contributed by atoms with Gasteiger partial charge in [-0.3, -0.25) is 19.3 Å². The number of nitrogens with zero attached hydrogens (tertiary/aromatic N) is 2. The summed E-state index contributed by atoms with van der Waals surface area (Å²) >= 11 is 12.0. The van der Waals surface area contributed by atoms with Gasteiger partial charge in [0.15, 0.2) is 0 Å². The number of piperidine rings is 1. The summed E-state index contributed by atoms with van der Waals surface area (Å²) in [5.74, 6) is -0.194. The molecule has 0 N–H and O–H groups in total. The predicted molar refractivity (Wildman–Crippen MR) is 93.6 cm³/mol. The topological polar surface area (TPSA) is 57.7 Å². The molecule has 5 nitrogen and oxygen atoms in total. The van der Waals surface area contributed by atoms with Gasteiger partial charge >= 0.3 is 0 Å². The monoisotopic (exact) mass is 380 g/mol. The molecular formula is C18H18Cl2N2O3. The van der Waals surface area contributed by atoms with E-state index in [4.69, 9.17) is 23.2 Å². The molecule has 3 aliphatic rings. The van der Waals surface area contributed by atoms with Gasteiger partial charge < -0.3 is 4.90 Å². The number of carbonyl (C=O) groups is 3. The summed E-state index contributed by atoms with van der Waals surface area (Å²) in [5.41, 5.74) is 0.526. The molecule has 0 aromatic heterocycles. The minimum absolute atomic E-state index is 0.0522. The van der Waals surface area contributed by atoms with Crippen LogP contribution in [0.5, 0.6) is 0 Å². The zero-order valence-electron chi connectivity index (χ0n) is 13.6. The second-order valence-electron chi connectivity index (χ2n) is 7.01. The van der Waals surface area contributed by atoms with Crippen molar-refractivity contribution in [1.29, 1.82) is 0 Å². The van der Waals surface area contributed by atoms with Crippen LogP contribution in [0, 0.1) is 0 Å². The summed E-state index contributed by atoms with van der Waals surface area (Å²) in [4.78, 5) is 40.4. The van der Waals surface area contributed by atoms with Crippen LogP contribution >= 0.6 is 23.2 Å². The Morgan fingerprint density at radius 2 is 1.52 bits per heavy atom. The smallest absolute Gasteiger partial charge is 0.254 e. The number of carbonyl (C=O) groups excluding carboxylic acids is 3. The molecule has 4 rings (SSSR count). The van der Waals surface area contributed by atoms with Crippen LogP contribution in [0.2, 0.25) is 10.0 Å². The molecule has 3 aliphatic heterocycles. The largest absolute Gasteiger partial charge is 0.333 e. The maximum absolute atomic E-state index is 13.0. The fourth-order valence-electron chi connectivity index (χ4n) is 4.47. The van der Waals surface area contributed by atoms with Gasteiger partial charge in [-0.15, -0.1) is 0 Å². The molecule has 0 spiro atoms. The van der Waals surface area contributed by atoms with Crippen molar-refractivity contribution in [3.63, 3.8) is 0 Å². The lowest BCUT2D eigenvalue weighted by Crippen LogP contribution is -2.53. The fraction of sp³-hybridized carbons (Fsp3) is 0.500. The van der Waals surface area contributed by atoms with Crippen molar-refractivity contribution in [1.82, 2.24) is 9.80 Å². The van der Waals surface area contributed by atoms with E-state index in [0.29, 0.717) is 41.3 Å². The van der Waals surface area contributed by atoms with Gasteiger partial charge in [-0.2, -0.15) is 0 Å². The van der Waals surface area contributed by atoms with Crippen LogP contribution in [0.15, 0.2) is 18.2 Å². The average Bonchev–Trinajstić information content (AvgIpc) is 3.05. The molecule has 3 fully saturated rings. The van der Waals surface area contributed by atoms with Gasteiger partial charge in [0.2, 0.25) is 11.8 Å². The Hall–Kier alpha value is -1.59. The molecule has 3 amide bonds. The first kappa shape index (κ1) is 16.9. The van der Waals surface area contributed by atoms with Crippen molar-refractivity contribution in [2.75, 3.05) is 0 Å². The summed E-state index contributed by atoms with van der Waals surface area (Å²) in [6.45, 7) is 0. The average molecular weight is 381 g/mol. The standard InChI is InChI=1S/C18H18Cl2N2O3/c19-14-4-1-10(7-15(14)20)18(25)21-11-2-3-12(21)9-13(8-11)22-16(23)5-6-17(22)24/h1,4,7,11-13H,2-3,5-6,8-9H2. The van der Waals surface area contributed by atoms with Crippen LogP contribution in [0.25, 0.3) is 0 Å². The van der Waals surface area contributed by atoms with Gasteiger partial charge in [-0.05, 0) is 43.9 Å². The number of likely N-dealkylation sites (tertiary alicyclic amines) is 1. The highest BCUT2D eigenvalue weighted by Crippen LogP contribution is 2.40. The second kappa shape index (κ2) is 6.29. The number of halogens is 2. The molecule has 3 saturated heterocycles. The third-order valence-corrected chi connectivity index (χ3v) is 6.30. The van der Waals surface area contributed by atoms with Gasteiger partial charge in [0.1, 0.15) is 0 Å². The minimum atomic E-state index is -0.0714. The van der Waals surface area contributed by atoms with Crippen LogP contribution in [0.1, 0.15) is 48.9 Å².